The van der Waals surface area contributed by atoms with Crippen molar-refractivity contribution < 1.29 is 4.79 Å². The fourth-order valence-corrected chi connectivity index (χ4v) is 3.67. The Bertz CT molecular complexity index is 823. The number of aryl methyl sites for hydroxylation is 2. The van der Waals surface area contributed by atoms with Crippen LogP contribution in [0.3, 0.4) is 0 Å². The maximum absolute atomic E-state index is 12.3. The lowest BCUT2D eigenvalue weighted by Crippen LogP contribution is -2.50. The molecule has 1 aromatic carbocycles. The van der Waals surface area contributed by atoms with Crippen molar-refractivity contribution in [2.45, 2.75) is 41.0 Å². The second-order valence-electron chi connectivity index (χ2n) is 7.62. The number of hydrogen-bond acceptors (Lipinski definition) is 4. The molecular weight excluding hydrogens is 336 g/mol. The highest BCUT2D eigenvalue weighted by Crippen LogP contribution is 2.27. The van der Waals surface area contributed by atoms with Gasteiger partial charge in [0.25, 0.3) is 0 Å². The Morgan fingerprint density at radius 2 is 1.81 bits per heavy atom. The van der Waals surface area contributed by atoms with Gasteiger partial charge in [0.1, 0.15) is 5.82 Å². The van der Waals surface area contributed by atoms with Gasteiger partial charge in [0.15, 0.2) is 5.82 Å². The first-order valence-corrected chi connectivity index (χ1v) is 9.89. The van der Waals surface area contributed by atoms with Crippen molar-refractivity contribution in [2.75, 3.05) is 31.1 Å². The summed E-state index contributed by atoms with van der Waals surface area (Å²) < 4.78 is 0. The van der Waals surface area contributed by atoms with E-state index in [1.807, 2.05) is 24.8 Å². The van der Waals surface area contributed by atoms with Gasteiger partial charge in [-0.05, 0) is 26.3 Å². The first-order valence-electron chi connectivity index (χ1n) is 9.89. The standard InChI is InChI=1S/C22H30N4O/c1-6-19-17(5)23-20(18-9-7-8-16(4)14-18)24-21(19)25-10-12-26(13-11-25)22(27)15(2)3/h7-9,14-15H,6,10-13H2,1-5H3. The summed E-state index contributed by atoms with van der Waals surface area (Å²) in [7, 11) is 0. The fraction of sp³-hybridized carbons (Fsp3) is 0.500. The summed E-state index contributed by atoms with van der Waals surface area (Å²) in [6.07, 6.45) is 0.903. The number of aromatic nitrogens is 2. The lowest BCUT2D eigenvalue weighted by atomic mass is 10.1. The number of benzene rings is 1. The zero-order valence-electron chi connectivity index (χ0n) is 17.1. The van der Waals surface area contributed by atoms with E-state index in [0.29, 0.717) is 0 Å². The van der Waals surface area contributed by atoms with E-state index in [1.165, 1.54) is 11.1 Å². The van der Waals surface area contributed by atoms with Gasteiger partial charge < -0.3 is 9.80 Å². The number of carbonyl (C=O) groups excluding carboxylic acids is 1. The topological polar surface area (TPSA) is 49.3 Å². The maximum atomic E-state index is 12.3. The molecule has 2 heterocycles. The monoisotopic (exact) mass is 366 g/mol. The molecule has 5 nitrogen and oxygen atoms in total. The van der Waals surface area contributed by atoms with Gasteiger partial charge in [-0.2, -0.15) is 0 Å². The number of carbonyl (C=O) groups is 1. The third-order valence-electron chi connectivity index (χ3n) is 5.21. The number of anilines is 1. The van der Waals surface area contributed by atoms with Crippen LogP contribution in [0.1, 0.15) is 37.6 Å². The van der Waals surface area contributed by atoms with Crippen LogP contribution in [0.25, 0.3) is 11.4 Å². The molecule has 0 spiro atoms. The van der Waals surface area contributed by atoms with Gasteiger partial charge in [-0.3, -0.25) is 4.79 Å². The van der Waals surface area contributed by atoms with Gasteiger partial charge in [-0.1, -0.05) is 44.5 Å². The van der Waals surface area contributed by atoms with Crippen molar-refractivity contribution in [1.82, 2.24) is 14.9 Å². The van der Waals surface area contributed by atoms with Crippen LogP contribution >= 0.6 is 0 Å². The lowest BCUT2D eigenvalue weighted by molar-refractivity contribution is -0.134. The number of amides is 1. The van der Waals surface area contributed by atoms with Gasteiger partial charge in [-0.15, -0.1) is 0 Å². The largest absolute Gasteiger partial charge is 0.353 e. The zero-order valence-corrected chi connectivity index (χ0v) is 17.1. The molecule has 0 saturated carbocycles. The Kier molecular flexibility index (Phi) is 5.78. The van der Waals surface area contributed by atoms with Crippen LogP contribution < -0.4 is 4.90 Å². The van der Waals surface area contributed by atoms with E-state index in [2.05, 4.69) is 43.9 Å². The molecule has 0 atom stereocenters. The number of hydrogen-bond donors (Lipinski definition) is 0. The van der Waals surface area contributed by atoms with E-state index in [1.54, 1.807) is 0 Å². The molecule has 1 amide bonds. The van der Waals surface area contributed by atoms with E-state index < -0.39 is 0 Å². The van der Waals surface area contributed by atoms with E-state index >= 15 is 0 Å². The summed E-state index contributed by atoms with van der Waals surface area (Å²) in [6.45, 7) is 13.4. The molecule has 1 aromatic heterocycles. The van der Waals surface area contributed by atoms with Crippen LogP contribution in [-0.2, 0) is 11.2 Å². The van der Waals surface area contributed by atoms with Crippen molar-refractivity contribution in [1.29, 1.82) is 0 Å². The van der Waals surface area contributed by atoms with Crippen LogP contribution in [0.15, 0.2) is 24.3 Å². The Balaban J connectivity index is 1.90. The Labute approximate surface area is 162 Å². The smallest absolute Gasteiger partial charge is 0.225 e. The first kappa shape index (κ1) is 19.3. The molecule has 1 fully saturated rings. The number of nitrogens with zero attached hydrogens (tertiary/aromatic N) is 4. The predicted molar refractivity (Wildman–Crippen MR) is 110 cm³/mol. The third kappa shape index (κ3) is 4.12. The minimum atomic E-state index is 0.0528. The van der Waals surface area contributed by atoms with Gasteiger partial charge >= 0.3 is 0 Å². The molecular formula is C22H30N4O. The van der Waals surface area contributed by atoms with Crippen LogP contribution in [0.4, 0.5) is 5.82 Å². The molecule has 0 bridgehead atoms. The number of rotatable bonds is 4. The minimum absolute atomic E-state index is 0.0528. The summed E-state index contributed by atoms with van der Waals surface area (Å²) >= 11 is 0. The molecule has 0 unspecified atom stereocenters. The van der Waals surface area contributed by atoms with Gasteiger partial charge in [-0.25, -0.2) is 9.97 Å². The molecule has 5 heteroatoms. The highest BCUT2D eigenvalue weighted by atomic mass is 16.2. The van der Waals surface area contributed by atoms with Crippen LogP contribution in [0.5, 0.6) is 0 Å². The van der Waals surface area contributed by atoms with Crippen LogP contribution in [0, 0.1) is 19.8 Å². The predicted octanol–water partition coefficient (Wildman–Crippen LogP) is 3.63. The molecule has 1 aliphatic heterocycles. The number of piperazine rings is 1. The third-order valence-corrected chi connectivity index (χ3v) is 5.21. The minimum Gasteiger partial charge on any atom is -0.353 e. The zero-order chi connectivity index (χ0) is 19.6. The van der Waals surface area contributed by atoms with Crippen molar-refractivity contribution in [3.63, 3.8) is 0 Å². The summed E-state index contributed by atoms with van der Waals surface area (Å²) in [6, 6.07) is 8.33. The molecule has 3 rings (SSSR count). The Morgan fingerprint density at radius 3 is 2.41 bits per heavy atom. The molecule has 1 saturated heterocycles. The summed E-state index contributed by atoms with van der Waals surface area (Å²) in [4.78, 5) is 26.3. The summed E-state index contributed by atoms with van der Waals surface area (Å²) in [5.41, 5.74) is 4.50. The molecule has 0 aliphatic carbocycles. The molecule has 144 valence electrons. The SMILES string of the molecule is CCc1c(C)nc(-c2cccc(C)c2)nc1N1CCN(C(=O)C(C)C)CC1. The van der Waals surface area contributed by atoms with Gasteiger partial charge in [0.05, 0.1) is 0 Å². The average Bonchev–Trinajstić information content (AvgIpc) is 2.66. The normalized spacial score (nSPS) is 14.7. The highest BCUT2D eigenvalue weighted by Gasteiger charge is 2.25. The lowest BCUT2D eigenvalue weighted by Gasteiger charge is -2.37. The maximum Gasteiger partial charge on any atom is 0.225 e. The van der Waals surface area contributed by atoms with E-state index in [9.17, 15) is 4.79 Å². The van der Waals surface area contributed by atoms with Crippen LogP contribution in [0.2, 0.25) is 0 Å². The molecule has 2 aromatic rings. The molecule has 0 radical (unpaired) electrons. The van der Waals surface area contributed by atoms with Crippen molar-refractivity contribution >= 4 is 11.7 Å². The van der Waals surface area contributed by atoms with Crippen molar-refractivity contribution in [3.05, 3.63) is 41.1 Å². The van der Waals surface area contributed by atoms with E-state index in [0.717, 1.165) is 55.5 Å². The average molecular weight is 367 g/mol. The molecule has 0 N–H and O–H groups in total. The van der Waals surface area contributed by atoms with Crippen LogP contribution in [-0.4, -0.2) is 47.0 Å². The fourth-order valence-electron chi connectivity index (χ4n) is 3.67. The van der Waals surface area contributed by atoms with Gasteiger partial charge in [0, 0.05) is 48.9 Å². The van der Waals surface area contributed by atoms with Crippen molar-refractivity contribution in [2.24, 2.45) is 5.92 Å². The van der Waals surface area contributed by atoms with E-state index in [4.69, 9.17) is 9.97 Å². The summed E-state index contributed by atoms with van der Waals surface area (Å²) in [5, 5.41) is 0. The summed E-state index contributed by atoms with van der Waals surface area (Å²) in [5.74, 6) is 2.10. The molecule has 27 heavy (non-hydrogen) atoms. The second-order valence-corrected chi connectivity index (χ2v) is 7.62. The highest BCUT2D eigenvalue weighted by molar-refractivity contribution is 5.78. The van der Waals surface area contributed by atoms with E-state index in [-0.39, 0.29) is 11.8 Å². The Morgan fingerprint density at radius 1 is 1.11 bits per heavy atom. The molecule has 1 aliphatic rings. The first-order chi connectivity index (χ1) is 12.9. The van der Waals surface area contributed by atoms with Gasteiger partial charge in [0.2, 0.25) is 5.91 Å². The second kappa shape index (κ2) is 8.07. The van der Waals surface area contributed by atoms with Crippen molar-refractivity contribution in [3.8, 4) is 11.4 Å². The quantitative estimate of drug-likeness (QED) is 0.829. The Hall–Kier alpha value is -2.43.